The largest absolute Gasteiger partial charge is 0.462 e. The van der Waals surface area contributed by atoms with E-state index in [1.807, 2.05) is 0 Å². The molecule has 0 fully saturated rings. The molecule has 0 saturated heterocycles. The molecule has 6 heteroatoms. The summed E-state index contributed by atoms with van der Waals surface area (Å²) in [6, 6.07) is 0. The molecular weight excluding hydrogens is 685 g/mol. The molecule has 0 unspecified atom stereocenters. The molecule has 0 aliphatic heterocycles. The average Bonchev–Trinajstić information content (AvgIpc) is 3.17. The lowest BCUT2D eigenvalue weighted by Gasteiger charge is -2.18. The van der Waals surface area contributed by atoms with E-state index in [1.54, 1.807) is 0 Å². The normalized spacial score (nSPS) is 11.9. The minimum Gasteiger partial charge on any atom is -0.462 e. The van der Waals surface area contributed by atoms with Crippen LogP contribution < -0.4 is 0 Å². The van der Waals surface area contributed by atoms with Gasteiger partial charge in [-0.15, -0.1) is 0 Å². The van der Waals surface area contributed by atoms with Crippen LogP contribution in [0.2, 0.25) is 0 Å². The molecule has 0 aliphatic carbocycles. The van der Waals surface area contributed by atoms with E-state index in [9.17, 15) is 14.4 Å². The van der Waals surface area contributed by atoms with Crippen LogP contribution in [0.3, 0.4) is 0 Å². The Balaban J connectivity index is 4.25. The van der Waals surface area contributed by atoms with Crippen molar-refractivity contribution in [3.8, 4) is 0 Å². The standard InChI is InChI=1S/C49H94O6/c1-5-7-9-11-13-15-16-17-18-19-20-21-25-28-32-36-40-47(50)53-43-46(55-49(52)42-38-34-30-23-14-12-10-8-6-2)44-54-48(51)41-37-33-29-26-22-24-27-31-35-39-45(3)4/h45-46H,5-44H2,1-4H3/t46-/m1/s1. The maximum Gasteiger partial charge on any atom is 0.306 e. The van der Waals surface area contributed by atoms with Crippen molar-refractivity contribution in [3.63, 3.8) is 0 Å². The number of ether oxygens (including phenoxy) is 3. The summed E-state index contributed by atoms with van der Waals surface area (Å²) in [5.74, 6) is -0.0440. The average molecular weight is 779 g/mol. The van der Waals surface area contributed by atoms with Crippen LogP contribution in [0.15, 0.2) is 0 Å². The minimum absolute atomic E-state index is 0.0636. The van der Waals surface area contributed by atoms with Gasteiger partial charge in [-0.1, -0.05) is 233 Å². The van der Waals surface area contributed by atoms with Gasteiger partial charge in [-0.05, 0) is 25.2 Å². The van der Waals surface area contributed by atoms with Crippen molar-refractivity contribution in [1.82, 2.24) is 0 Å². The van der Waals surface area contributed by atoms with E-state index in [2.05, 4.69) is 27.7 Å². The highest BCUT2D eigenvalue weighted by Crippen LogP contribution is 2.16. The zero-order valence-corrected chi connectivity index (χ0v) is 37.4. The summed E-state index contributed by atoms with van der Waals surface area (Å²) < 4.78 is 16.7. The molecule has 0 aromatic rings. The smallest absolute Gasteiger partial charge is 0.306 e. The third kappa shape index (κ3) is 43.4. The van der Waals surface area contributed by atoms with Crippen LogP contribution in [0, 0.1) is 5.92 Å². The molecule has 0 heterocycles. The zero-order chi connectivity index (χ0) is 40.3. The first kappa shape index (κ1) is 53.4. The lowest BCUT2D eigenvalue weighted by molar-refractivity contribution is -0.167. The van der Waals surface area contributed by atoms with Crippen LogP contribution in [-0.2, 0) is 28.6 Å². The van der Waals surface area contributed by atoms with Crippen molar-refractivity contribution in [2.24, 2.45) is 5.92 Å². The lowest BCUT2D eigenvalue weighted by Crippen LogP contribution is -2.30. The molecule has 326 valence electrons. The molecule has 0 saturated carbocycles. The summed E-state index contributed by atoms with van der Waals surface area (Å²) in [4.78, 5) is 37.7. The highest BCUT2D eigenvalue weighted by Gasteiger charge is 2.19. The van der Waals surface area contributed by atoms with E-state index < -0.39 is 6.10 Å². The summed E-state index contributed by atoms with van der Waals surface area (Å²) >= 11 is 0. The highest BCUT2D eigenvalue weighted by molar-refractivity contribution is 5.71. The molecule has 0 spiro atoms. The third-order valence-electron chi connectivity index (χ3n) is 11.0. The molecule has 0 aromatic heterocycles. The molecule has 0 rings (SSSR count). The summed E-state index contributed by atoms with van der Waals surface area (Å²) in [5, 5.41) is 0. The Labute approximate surface area is 342 Å². The molecule has 6 nitrogen and oxygen atoms in total. The van der Waals surface area contributed by atoms with E-state index in [-0.39, 0.29) is 31.1 Å². The van der Waals surface area contributed by atoms with Crippen LogP contribution in [0.4, 0.5) is 0 Å². The van der Waals surface area contributed by atoms with E-state index >= 15 is 0 Å². The first-order valence-electron chi connectivity index (χ1n) is 24.4. The van der Waals surface area contributed by atoms with E-state index in [0.717, 1.165) is 63.7 Å². The van der Waals surface area contributed by atoms with Gasteiger partial charge in [0.15, 0.2) is 6.10 Å². The Bertz CT molecular complexity index is 826. The Morgan fingerprint density at radius 2 is 0.600 bits per heavy atom. The summed E-state index contributed by atoms with van der Waals surface area (Å²) in [7, 11) is 0. The van der Waals surface area contributed by atoms with Crippen LogP contribution >= 0.6 is 0 Å². The zero-order valence-electron chi connectivity index (χ0n) is 37.4. The van der Waals surface area contributed by atoms with Gasteiger partial charge in [-0.25, -0.2) is 0 Å². The van der Waals surface area contributed by atoms with Gasteiger partial charge in [0.1, 0.15) is 13.2 Å². The van der Waals surface area contributed by atoms with Crippen molar-refractivity contribution < 1.29 is 28.6 Å². The van der Waals surface area contributed by atoms with Crippen molar-refractivity contribution in [2.75, 3.05) is 13.2 Å². The van der Waals surface area contributed by atoms with Gasteiger partial charge in [0, 0.05) is 19.3 Å². The Kier molecular flexibility index (Phi) is 42.3. The molecular formula is C49H94O6. The molecule has 0 radical (unpaired) electrons. The number of esters is 3. The second-order valence-corrected chi connectivity index (χ2v) is 17.2. The van der Waals surface area contributed by atoms with Gasteiger partial charge in [0.25, 0.3) is 0 Å². The van der Waals surface area contributed by atoms with Crippen LogP contribution in [0.5, 0.6) is 0 Å². The number of rotatable bonds is 44. The van der Waals surface area contributed by atoms with Crippen LogP contribution in [-0.4, -0.2) is 37.2 Å². The molecule has 0 bridgehead atoms. The first-order valence-corrected chi connectivity index (χ1v) is 24.4. The second kappa shape index (κ2) is 43.5. The Hall–Kier alpha value is -1.59. The predicted octanol–water partition coefficient (Wildman–Crippen LogP) is 15.5. The highest BCUT2D eigenvalue weighted by atomic mass is 16.6. The minimum atomic E-state index is -0.759. The van der Waals surface area contributed by atoms with Gasteiger partial charge in [-0.2, -0.15) is 0 Å². The van der Waals surface area contributed by atoms with Gasteiger partial charge < -0.3 is 14.2 Å². The van der Waals surface area contributed by atoms with E-state index in [1.165, 1.54) is 167 Å². The summed E-state index contributed by atoms with van der Waals surface area (Å²) in [5.41, 5.74) is 0. The molecule has 1 atom stereocenters. The first-order chi connectivity index (χ1) is 26.9. The summed E-state index contributed by atoms with van der Waals surface area (Å²) in [6.45, 7) is 8.97. The van der Waals surface area contributed by atoms with Crippen molar-refractivity contribution >= 4 is 17.9 Å². The SMILES string of the molecule is CCCCCCCCCCCCCCCCCCC(=O)OC[C@H](COC(=O)CCCCCCCCCCCC(C)C)OC(=O)CCCCCCCCCCC. The van der Waals surface area contributed by atoms with E-state index in [4.69, 9.17) is 14.2 Å². The number of hydrogen-bond acceptors (Lipinski definition) is 6. The number of carbonyl (C=O) groups is 3. The lowest BCUT2D eigenvalue weighted by atomic mass is 10.0. The van der Waals surface area contributed by atoms with Crippen molar-refractivity contribution in [2.45, 2.75) is 278 Å². The van der Waals surface area contributed by atoms with Gasteiger partial charge in [0.2, 0.25) is 0 Å². The number of carbonyl (C=O) groups excluding carboxylic acids is 3. The van der Waals surface area contributed by atoms with E-state index in [0.29, 0.717) is 19.3 Å². The van der Waals surface area contributed by atoms with Crippen molar-refractivity contribution in [3.05, 3.63) is 0 Å². The molecule has 0 aliphatic rings. The molecule has 55 heavy (non-hydrogen) atoms. The van der Waals surface area contributed by atoms with Crippen molar-refractivity contribution in [1.29, 1.82) is 0 Å². The van der Waals surface area contributed by atoms with Crippen LogP contribution in [0.1, 0.15) is 272 Å². The quantitative estimate of drug-likeness (QED) is 0.0348. The Morgan fingerprint density at radius 1 is 0.345 bits per heavy atom. The van der Waals surface area contributed by atoms with Gasteiger partial charge >= 0.3 is 17.9 Å². The van der Waals surface area contributed by atoms with Crippen LogP contribution in [0.25, 0.3) is 0 Å². The molecule has 0 N–H and O–H groups in total. The van der Waals surface area contributed by atoms with Gasteiger partial charge in [0.05, 0.1) is 0 Å². The van der Waals surface area contributed by atoms with Gasteiger partial charge in [-0.3, -0.25) is 14.4 Å². The molecule has 0 aromatic carbocycles. The topological polar surface area (TPSA) is 78.9 Å². The maximum atomic E-state index is 12.7. The monoisotopic (exact) mass is 779 g/mol. The Morgan fingerprint density at radius 3 is 0.891 bits per heavy atom. The fourth-order valence-electron chi connectivity index (χ4n) is 7.33. The number of hydrogen-bond donors (Lipinski definition) is 0. The second-order valence-electron chi connectivity index (χ2n) is 17.2. The maximum absolute atomic E-state index is 12.7. The third-order valence-corrected chi connectivity index (χ3v) is 11.0. The predicted molar refractivity (Wildman–Crippen MR) is 233 cm³/mol. The fraction of sp³-hybridized carbons (Fsp3) is 0.939. The summed E-state index contributed by atoms with van der Waals surface area (Å²) in [6.07, 6.45) is 43.8. The fourth-order valence-corrected chi connectivity index (χ4v) is 7.33. The molecule has 0 amide bonds. The number of unbranched alkanes of at least 4 members (excludes halogenated alkanes) is 31.